The van der Waals surface area contributed by atoms with Gasteiger partial charge >= 0.3 is 11.1 Å². The molecule has 0 aliphatic heterocycles. The number of nitro groups is 1. The lowest BCUT2D eigenvalue weighted by Gasteiger charge is -2.20. The maximum absolute atomic E-state index is 12.2. The summed E-state index contributed by atoms with van der Waals surface area (Å²) in [7, 11) is 3.88. The first kappa shape index (κ1) is 18.3. The van der Waals surface area contributed by atoms with Crippen molar-refractivity contribution < 1.29 is 14.5 Å². The fourth-order valence-corrected chi connectivity index (χ4v) is 2.34. The number of rotatable bonds is 8. The Morgan fingerprint density at radius 1 is 1.45 bits per heavy atom. The molecule has 1 heterocycles. The van der Waals surface area contributed by atoms with Crippen molar-refractivity contribution in [2.75, 3.05) is 38.7 Å². The summed E-state index contributed by atoms with van der Waals surface area (Å²) >= 11 is 0.872. The zero-order chi connectivity index (χ0) is 16.7. The van der Waals surface area contributed by atoms with E-state index in [1.165, 1.54) is 4.90 Å². The average Bonchev–Trinajstić information content (AvgIpc) is 2.90. The van der Waals surface area contributed by atoms with Gasteiger partial charge in [-0.2, -0.15) is 0 Å². The third-order valence-electron chi connectivity index (χ3n) is 2.64. The summed E-state index contributed by atoms with van der Waals surface area (Å²) in [6.45, 7) is 5.38. The number of thiazole rings is 1. The highest BCUT2D eigenvalue weighted by Gasteiger charge is 2.23. The van der Waals surface area contributed by atoms with Crippen molar-refractivity contribution in [2.24, 2.45) is 5.92 Å². The number of hydrogen-bond donors (Lipinski definition) is 0. The first-order valence-corrected chi connectivity index (χ1v) is 7.82. The monoisotopic (exact) mass is 330 g/mol. The summed E-state index contributed by atoms with van der Waals surface area (Å²) in [5.41, 5.74) is 0. The van der Waals surface area contributed by atoms with Crippen molar-refractivity contribution in [3.8, 4) is 0 Å². The van der Waals surface area contributed by atoms with Gasteiger partial charge in [-0.1, -0.05) is 13.8 Å². The highest BCUT2D eigenvalue weighted by atomic mass is 32.1. The average molecular weight is 330 g/mol. The molecule has 0 aliphatic rings. The van der Waals surface area contributed by atoms with E-state index in [1.54, 1.807) is 0 Å². The molecular weight excluding hydrogens is 308 g/mol. The molecule has 0 radical (unpaired) electrons. The molecule has 0 aliphatic carbocycles. The Balaban J connectivity index is 2.79. The molecule has 0 bridgehead atoms. The standard InChI is InChI=1S/C13H22N4O4S/c1-10(2)9-21-13(18)16(7-5-6-15(3)4)12-14-8-11(22-12)17(19)20/h8,10H,5-7,9H2,1-4H3. The minimum absolute atomic E-state index is 0.0933. The maximum atomic E-state index is 12.2. The van der Waals surface area contributed by atoms with Gasteiger partial charge in [0.25, 0.3) is 0 Å². The van der Waals surface area contributed by atoms with Crippen LogP contribution >= 0.6 is 11.3 Å². The molecular formula is C13H22N4O4S. The zero-order valence-corrected chi connectivity index (χ0v) is 14.1. The lowest BCUT2D eigenvalue weighted by atomic mass is 10.2. The third-order valence-corrected chi connectivity index (χ3v) is 3.61. The van der Waals surface area contributed by atoms with Crippen molar-refractivity contribution >= 4 is 27.6 Å². The van der Waals surface area contributed by atoms with Crippen LogP contribution in [0.15, 0.2) is 6.20 Å². The van der Waals surface area contributed by atoms with E-state index in [-0.39, 0.29) is 10.9 Å². The number of carbonyl (C=O) groups is 1. The van der Waals surface area contributed by atoms with Crippen molar-refractivity contribution in [1.82, 2.24) is 9.88 Å². The summed E-state index contributed by atoms with van der Waals surface area (Å²) < 4.78 is 5.22. The molecule has 1 aromatic heterocycles. The van der Waals surface area contributed by atoms with Crippen molar-refractivity contribution in [1.29, 1.82) is 0 Å². The lowest BCUT2D eigenvalue weighted by molar-refractivity contribution is -0.380. The molecule has 0 aromatic carbocycles. The van der Waals surface area contributed by atoms with Gasteiger partial charge in [0, 0.05) is 6.54 Å². The second-order valence-corrected chi connectivity index (χ2v) is 6.50. The zero-order valence-electron chi connectivity index (χ0n) is 13.3. The van der Waals surface area contributed by atoms with Gasteiger partial charge in [-0.15, -0.1) is 0 Å². The molecule has 0 atom stereocenters. The summed E-state index contributed by atoms with van der Waals surface area (Å²) in [5, 5.41) is 11.0. The second-order valence-electron chi connectivity index (χ2n) is 5.52. The van der Waals surface area contributed by atoms with Crippen molar-refractivity contribution in [2.45, 2.75) is 20.3 Å². The van der Waals surface area contributed by atoms with E-state index in [1.807, 2.05) is 32.8 Å². The summed E-state index contributed by atoms with van der Waals surface area (Å²) in [6.07, 6.45) is 1.36. The smallest absolute Gasteiger partial charge is 0.416 e. The quantitative estimate of drug-likeness (QED) is 0.538. The van der Waals surface area contributed by atoms with Gasteiger partial charge in [0.15, 0.2) is 0 Å². The molecule has 0 saturated carbocycles. The highest BCUT2D eigenvalue weighted by Crippen LogP contribution is 2.28. The van der Waals surface area contributed by atoms with Gasteiger partial charge in [-0.05, 0) is 44.3 Å². The first-order chi connectivity index (χ1) is 10.3. The van der Waals surface area contributed by atoms with Gasteiger partial charge in [0.05, 0.1) is 11.5 Å². The normalized spacial score (nSPS) is 11.0. The molecule has 9 heteroatoms. The van der Waals surface area contributed by atoms with E-state index in [4.69, 9.17) is 4.74 Å². The number of hydrogen-bond acceptors (Lipinski definition) is 7. The fraction of sp³-hybridized carbons (Fsp3) is 0.692. The van der Waals surface area contributed by atoms with Crippen LogP contribution in [0.4, 0.5) is 14.9 Å². The van der Waals surface area contributed by atoms with E-state index in [2.05, 4.69) is 4.98 Å². The topological polar surface area (TPSA) is 88.8 Å². The number of anilines is 1. The Morgan fingerprint density at radius 2 is 2.14 bits per heavy atom. The summed E-state index contributed by atoms with van der Waals surface area (Å²) in [5.74, 6) is 0.221. The number of carbonyl (C=O) groups excluding carboxylic acids is 1. The van der Waals surface area contributed by atoms with Crippen LogP contribution in [0.1, 0.15) is 20.3 Å². The number of ether oxygens (including phenoxy) is 1. The van der Waals surface area contributed by atoms with E-state index in [0.29, 0.717) is 18.3 Å². The van der Waals surface area contributed by atoms with Crippen LogP contribution in [-0.2, 0) is 4.74 Å². The number of aromatic nitrogens is 1. The number of amides is 1. The van der Waals surface area contributed by atoms with Crippen LogP contribution in [0, 0.1) is 16.0 Å². The van der Waals surface area contributed by atoms with Crippen molar-refractivity contribution in [3.63, 3.8) is 0 Å². The van der Waals surface area contributed by atoms with Gasteiger partial charge < -0.3 is 9.64 Å². The predicted molar refractivity (Wildman–Crippen MR) is 85.5 cm³/mol. The molecule has 124 valence electrons. The van der Waals surface area contributed by atoms with Crippen LogP contribution in [0.25, 0.3) is 0 Å². The lowest BCUT2D eigenvalue weighted by Crippen LogP contribution is -2.34. The van der Waals surface area contributed by atoms with Crippen LogP contribution < -0.4 is 4.90 Å². The SMILES string of the molecule is CC(C)COC(=O)N(CCCN(C)C)c1ncc([N+](=O)[O-])s1. The molecule has 1 amide bonds. The molecule has 1 aromatic rings. The molecule has 0 unspecified atom stereocenters. The van der Waals surface area contributed by atoms with Crippen LogP contribution in [0.5, 0.6) is 0 Å². The minimum Gasteiger partial charge on any atom is -0.449 e. The Kier molecular flexibility index (Phi) is 7.19. The van der Waals surface area contributed by atoms with Gasteiger partial charge in [-0.3, -0.25) is 15.0 Å². The number of nitrogens with zero attached hydrogens (tertiary/aromatic N) is 4. The molecule has 22 heavy (non-hydrogen) atoms. The largest absolute Gasteiger partial charge is 0.449 e. The molecule has 0 N–H and O–H groups in total. The Morgan fingerprint density at radius 3 is 2.64 bits per heavy atom. The summed E-state index contributed by atoms with van der Waals surface area (Å²) in [6, 6.07) is 0. The first-order valence-electron chi connectivity index (χ1n) is 7.00. The minimum atomic E-state index is -0.517. The van der Waals surface area contributed by atoms with Crippen molar-refractivity contribution in [3.05, 3.63) is 16.3 Å². The highest BCUT2D eigenvalue weighted by molar-refractivity contribution is 7.18. The Bertz CT molecular complexity index is 504. The molecule has 1 rings (SSSR count). The predicted octanol–water partition coefficient (Wildman–Crippen LogP) is 2.60. The van der Waals surface area contributed by atoms with Crippen LogP contribution in [0.2, 0.25) is 0 Å². The third kappa shape index (κ3) is 5.94. The molecule has 0 fully saturated rings. The summed E-state index contributed by atoms with van der Waals surface area (Å²) in [4.78, 5) is 29.8. The van der Waals surface area contributed by atoms with Gasteiger partial charge in [0.1, 0.15) is 6.20 Å². The van der Waals surface area contributed by atoms with Crippen LogP contribution in [-0.4, -0.2) is 54.7 Å². The maximum Gasteiger partial charge on any atom is 0.416 e. The Hall–Kier alpha value is -1.74. The van der Waals surface area contributed by atoms with Gasteiger partial charge in [0.2, 0.25) is 5.13 Å². The fourth-order valence-electron chi connectivity index (χ4n) is 1.59. The van der Waals surface area contributed by atoms with E-state index < -0.39 is 11.0 Å². The van der Waals surface area contributed by atoms with E-state index in [9.17, 15) is 14.9 Å². The second kappa shape index (κ2) is 8.64. The van der Waals surface area contributed by atoms with E-state index in [0.717, 1.165) is 30.5 Å². The molecule has 0 spiro atoms. The van der Waals surface area contributed by atoms with E-state index >= 15 is 0 Å². The van der Waals surface area contributed by atoms with Crippen LogP contribution in [0.3, 0.4) is 0 Å². The molecule has 0 saturated heterocycles. The Labute approximate surface area is 133 Å². The molecule has 8 nitrogen and oxygen atoms in total. The van der Waals surface area contributed by atoms with Gasteiger partial charge in [-0.25, -0.2) is 9.78 Å².